The molecule has 6 heteroatoms. The van der Waals surface area contributed by atoms with E-state index in [-0.39, 0.29) is 12.5 Å². The number of hydrogen-bond donors (Lipinski definition) is 2. The molecule has 1 heterocycles. The molecule has 4 rings (SSSR count). The van der Waals surface area contributed by atoms with Gasteiger partial charge in [0.25, 0.3) is 11.8 Å². The number of hydrogen-bond acceptors (Lipinski definition) is 4. The Bertz CT molecular complexity index is 1220. The fraction of sp³-hybridized carbons (Fsp3) is 0.0417. The fourth-order valence-electron chi connectivity index (χ4n) is 3.06. The van der Waals surface area contributed by atoms with Crippen LogP contribution in [-0.2, 0) is 4.79 Å². The molecule has 0 aliphatic heterocycles. The van der Waals surface area contributed by atoms with Crippen molar-refractivity contribution < 1.29 is 14.3 Å². The Kier molecular flexibility index (Phi) is 5.39. The normalized spacial score (nSPS) is 10.5. The number of rotatable bonds is 6. The highest BCUT2D eigenvalue weighted by Crippen LogP contribution is 2.24. The maximum atomic E-state index is 12.5. The Morgan fingerprint density at radius 1 is 0.867 bits per heavy atom. The van der Waals surface area contributed by atoms with Gasteiger partial charge in [0.05, 0.1) is 5.69 Å². The maximum absolute atomic E-state index is 12.5. The van der Waals surface area contributed by atoms with Crippen LogP contribution < -0.4 is 15.8 Å². The monoisotopic (exact) mass is 397 g/mol. The number of ether oxygens (including phenoxy) is 1. The molecule has 30 heavy (non-hydrogen) atoms. The minimum absolute atomic E-state index is 0.211. The van der Waals surface area contributed by atoms with Crippen molar-refractivity contribution in [3.8, 4) is 17.0 Å². The van der Waals surface area contributed by atoms with E-state index in [1.165, 1.54) is 0 Å². The van der Waals surface area contributed by atoms with Crippen molar-refractivity contribution in [3.63, 3.8) is 0 Å². The van der Waals surface area contributed by atoms with Gasteiger partial charge < -0.3 is 15.8 Å². The third-order valence-electron chi connectivity index (χ3n) is 4.53. The van der Waals surface area contributed by atoms with E-state index in [1.54, 1.807) is 30.3 Å². The number of benzene rings is 3. The van der Waals surface area contributed by atoms with Crippen molar-refractivity contribution in [2.75, 3.05) is 11.9 Å². The Morgan fingerprint density at radius 2 is 1.63 bits per heavy atom. The minimum Gasteiger partial charge on any atom is -0.484 e. The van der Waals surface area contributed by atoms with Gasteiger partial charge in [-0.15, -0.1) is 0 Å². The molecule has 0 atom stereocenters. The van der Waals surface area contributed by atoms with Crippen LogP contribution in [0.2, 0.25) is 0 Å². The summed E-state index contributed by atoms with van der Waals surface area (Å²) >= 11 is 0. The van der Waals surface area contributed by atoms with Crippen LogP contribution in [-0.4, -0.2) is 23.4 Å². The zero-order valence-electron chi connectivity index (χ0n) is 16.0. The molecule has 0 spiro atoms. The van der Waals surface area contributed by atoms with Gasteiger partial charge in [0, 0.05) is 11.1 Å². The number of amides is 2. The van der Waals surface area contributed by atoms with Crippen LogP contribution in [0.1, 0.15) is 10.4 Å². The molecular weight excluding hydrogens is 378 g/mol. The summed E-state index contributed by atoms with van der Waals surface area (Å²) in [6, 6.07) is 26.2. The van der Waals surface area contributed by atoms with E-state index >= 15 is 0 Å². The zero-order chi connectivity index (χ0) is 20.9. The molecule has 1 aromatic heterocycles. The van der Waals surface area contributed by atoms with E-state index < -0.39 is 5.91 Å². The number of primary amides is 1. The summed E-state index contributed by atoms with van der Waals surface area (Å²) in [5.41, 5.74) is 7.24. The van der Waals surface area contributed by atoms with E-state index in [4.69, 9.17) is 10.5 Å². The van der Waals surface area contributed by atoms with Crippen molar-refractivity contribution in [3.05, 3.63) is 90.5 Å². The molecule has 0 aliphatic carbocycles. The van der Waals surface area contributed by atoms with Gasteiger partial charge in [-0.2, -0.15) is 0 Å². The van der Waals surface area contributed by atoms with Gasteiger partial charge in [-0.1, -0.05) is 42.5 Å². The van der Waals surface area contributed by atoms with Gasteiger partial charge in [0.1, 0.15) is 11.6 Å². The number of pyridine rings is 1. The lowest BCUT2D eigenvalue weighted by Gasteiger charge is -2.09. The van der Waals surface area contributed by atoms with Crippen molar-refractivity contribution in [1.82, 2.24) is 4.98 Å². The molecular formula is C24H19N3O3. The van der Waals surface area contributed by atoms with Gasteiger partial charge in [-0.25, -0.2) is 4.98 Å². The van der Waals surface area contributed by atoms with Crippen LogP contribution in [0.3, 0.4) is 0 Å². The predicted octanol–water partition coefficient (Wildman–Crippen LogP) is 4.02. The predicted molar refractivity (Wildman–Crippen MR) is 116 cm³/mol. The molecule has 2 amide bonds. The fourth-order valence-corrected chi connectivity index (χ4v) is 3.06. The summed E-state index contributed by atoms with van der Waals surface area (Å²) in [6.07, 6.45) is 0. The second kappa shape index (κ2) is 8.45. The van der Waals surface area contributed by atoms with E-state index in [1.807, 2.05) is 30.3 Å². The van der Waals surface area contributed by atoms with Gasteiger partial charge in [-0.3, -0.25) is 9.59 Å². The minimum atomic E-state index is -0.561. The number of fused-ring (bicyclic) bond motifs is 1. The highest BCUT2D eigenvalue weighted by atomic mass is 16.5. The van der Waals surface area contributed by atoms with Gasteiger partial charge >= 0.3 is 0 Å². The summed E-state index contributed by atoms with van der Waals surface area (Å²) in [6.45, 7) is -0.211. The number of anilines is 1. The summed E-state index contributed by atoms with van der Waals surface area (Å²) in [5.74, 6) is 0.0651. The zero-order valence-corrected chi connectivity index (χ0v) is 16.0. The highest BCUT2D eigenvalue weighted by Gasteiger charge is 2.09. The van der Waals surface area contributed by atoms with Gasteiger partial charge in [-0.05, 0) is 53.2 Å². The summed E-state index contributed by atoms with van der Waals surface area (Å²) in [7, 11) is 0. The molecule has 0 fully saturated rings. The maximum Gasteiger partial charge on any atom is 0.256 e. The molecule has 3 aromatic carbocycles. The van der Waals surface area contributed by atoms with E-state index in [2.05, 4.69) is 34.6 Å². The Morgan fingerprint density at radius 3 is 2.40 bits per heavy atom. The number of aromatic nitrogens is 1. The number of carbonyl (C=O) groups excluding carboxylic acids is 2. The first-order valence-corrected chi connectivity index (χ1v) is 9.37. The SMILES string of the molecule is NC(=O)COc1ccc(C(=O)Nc2cccc(-c3ccc4ccccc4c3)n2)cc1. The highest BCUT2D eigenvalue weighted by molar-refractivity contribution is 6.04. The molecule has 0 bridgehead atoms. The number of carbonyl (C=O) groups is 2. The van der Waals surface area contributed by atoms with Crippen molar-refractivity contribution in [2.45, 2.75) is 0 Å². The summed E-state index contributed by atoms with van der Waals surface area (Å²) < 4.78 is 5.20. The Labute approximate surface area is 173 Å². The Hall–Kier alpha value is -4.19. The quantitative estimate of drug-likeness (QED) is 0.514. The average Bonchev–Trinajstić information content (AvgIpc) is 2.78. The van der Waals surface area contributed by atoms with E-state index in [0.717, 1.165) is 22.0 Å². The van der Waals surface area contributed by atoms with Crippen molar-refractivity contribution >= 4 is 28.4 Å². The molecule has 148 valence electrons. The number of nitrogens with zero attached hydrogens (tertiary/aromatic N) is 1. The topological polar surface area (TPSA) is 94.3 Å². The first-order chi connectivity index (χ1) is 14.6. The molecule has 0 saturated carbocycles. The summed E-state index contributed by atoms with van der Waals surface area (Å²) in [5, 5.41) is 5.10. The number of nitrogens with two attached hydrogens (primary N) is 1. The molecule has 4 aromatic rings. The van der Waals surface area contributed by atoms with Crippen LogP contribution in [0, 0.1) is 0 Å². The lowest BCUT2D eigenvalue weighted by atomic mass is 10.0. The van der Waals surface area contributed by atoms with Crippen LogP contribution in [0.5, 0.6) is 5.75 Å². The lowest BCUT2D eigenvalue weighted by molar-refractivity contribution is -0.119. The molecule has 0 unspecified atom stereocenters. The van der Waals surface area contributed by atoms with E-state index in [0.29, 0.717) is 17.1 Å². The molecule has 0 aliphatic rings. The van der Waals surface area contributed by atoms with Crippen molar-refractivity contribution in [2.24, 2.45) is 5.73 Å². The van der Waals surface area contributed by atoms with Gasteiger partial charge in [0.2, 0.25) is 0 Å². The van der Waals surface area contributed by atoms with E-state index in [9.17, 15) is 9.59 Å². The Balaban J connectivity index is 1.49. The van der Waals surface area contributed by atoms with Crippen LogP contribution in [0.15, 0.2) is 84.9 Å². The average molecular weight is 397 g/mol. The lowest BCUT2D eigenvalue weighted by Crippen LogP contribution is -2.20. The third-order valence-corrected chi connectivity index (χ3v) is 4.53. The first kappa shape index (κ1) is 19.1. The molecule has 6 nitrogen and oxygen atoms in total. The third kappa shape index (κ3) is 4.44. The molecule has 0 radical (unpaired) electrons. The first-order valence-electron chi connectivity index (χ1n) is 9.37. The van der Waals surface area contributed by atoms with Crippen LogP contribution in [0.4, 0.5) is 5.82 Å². The van der Waals surface area contributed by atoms with Crippen LogP contribution in [0.25, 0.3) is 22.0 Å². The van der Waals surface area contributed by atoms with Crippen molar-refractivity contribution in [1.29, 1.82) is 0 Å². The molecule has 0 saturated heterocycles. The number of nitrogens with one attached hydrogen (secondary N) is 1. The summed E-state index contributed by atoms with van der Waals surface area (Å²) in [4.78, 5) is 27.9. The largest absolute Gasteiger partial charge is 0.484 e. The second-order valence-corrected chi connectivity index (χ2v) is 6.70. The second-order valence-electron chi connectivity index (χ2n) is 6.70. The van der Waals surface area contributed by atoms with Gasteiger partial charge in [0.15, 0.2) is 6.61 Å². The molecule has 3 N–H and O–H groups in total. The standard InChI is InChI=1S/C24H19N3O3/c25-22(28)15-30-20-12-10-17(11-13-20)24(29)27-23-7-3-6-21(26-23)19-9-8-16-4-1-2-5-18(16)14-19/h1-14H,15H2,(H2,25,28)(H,26,27,29). The van der Waals surface area contributed by atoms with Crippen LogP contribution >= 0.6 is 0 Å². The smallest absolute Gasteiger partial charge is 0.256 e.